The molecule has 2 aromatic rings. The van der Waals surface area contributed by atoms with Crippen LogP contribution < -0.4 is 4.74 Å². The predicted molar refractivity (Wildman–Crippen MR) is 89.2 cm³/mol. The largest absolute Gasteiger partial charge is 0.481 e. The summed E-state index contributed by atoms with van der Waals surface area (Å²) in [6.45, 7) is 2.36. The van der Waals surface area contributed by atoms with Crippen LogP contribution in [0.1, 0.15) is 23.7 Å². The number of hydrogen-bond donors (Lipinski definition) is 1. The van der Waals surface area contributed by atoms with Crippen molar-refractivity contribution in [3.8, 4) is 11.5 Å². The second-order valence-corrected chi connectivity index (χ2v) is 6.29. The highest BCUT2D eigenvalue weighted by molar-refractivity contribution is 5.95. The Hall–Kier alpha value is -2.82. The molecule has 1 aliphatic rings. The second-order valence-electron chi connectivity index (χ2n) is 6.29. The van der Waals surface area contributed by atoms with Gasteiger partial charge in [0.2, 0.25) is 0 Å². The van der Waals surface area contributed by atoms with Gasteiger partial charge < -0.3 is 14.7 Å². The van der Waals surface area contributed by atoms with Crippen LogP contribution in [-0.2, 0) is 4.79 Å². The molecule has 0 saturated carbocycles. The maximum atomic E-state index is 12.6. The van der Waals surface area contributed by atoms with Gasteiger partial charge in [0.25, 0.3) is 5.91 Å². The summed E-state index contributed by atoms with van der Waals surface area (Å²) in [7, 11) is 0. The molecule has 24 heavy (non-hydrogen) atoms. The van der Waals surface area contributed by atoms with E-state index >= 15 is 0 Å². The molecule has 1 fully saturated rings. The standard InChI is InChI=1S/C19H19NO4/c1-19(18(22)23)10-11-20(13-19)17(21)14-6-5-9-16(12-14)24-15-7-3-2-4-8-15/h2-9,12H,10-11,13H2,1H3,(H,22,23)/t19-/m1/s1. The summed E-state index contributed by atoms with van der Waals surface area (Å²) in [5.41, 5.74) is -0.369. The van der Waals surface area contributed by atoms with E-state index in [9.17, 15) is 14.7 Å². The van der Waals surface area contributed by atoms with E-state index in [0.717, 1.165) is 0 Å². The fourth-order valence-electron chi connectivity index (χ4n) is 2.81. The fraction of sp³-hybridized carbons (Fsp3) is 0.263. The summed E-state index contributed by atoms with van der Waals surface area (Å²) in [6.07, 6.45) is 0.467. The number of carboxylic acids is 1. The number of amides is 1. The van der Waals surface area contributed by atoms with Gasteiger partial charge in [0, 0.05) is 18.7 Å². The van der Waals surface area contributed by atoms with Gasteiger partial charge >= 0.3 is 5.97 Å². The maximum Gasteiger partial charge on any atom is 0.311 e. The predicted octanol–water partition coefficient (Wildman–Crippen LogP) is 3.42. The van der Waals surface area contributed by atoms with Crippen molar-refractivity contribution in [1.82, 2.24) is 4.90 Å². The zero-order valence-corrected chi connectivity index (χ0v) is 13.4. The monoisotopic (exact) mass is 325 g/mol. The lowest BCUT2D eigenvalue weighted by Crippen LogP contribution is -2.34. The van der Waals surface area contributed by atoms with Crippen LogP contribution in [0.5, 0.6) is 11.5 Å². The number of carbonyl (C=O) groups is 2. The minimum atomic E-state index is -0.867. The summed E-state index contributed by atoms with van der Waals surface area (Å²) < 4.78 is 5.75. The summed E-state index contributed by atoms with van der Waals surface area (Å²) in [5.74, 6) is 0.242. The Morgan fingerprint density at radius 1 is 1.08 bits per heavy atom. The quantitative estimate of drug-likeness (QED) is 0.935. The molecule has 0 aromatic heterocycles. The van der Waals surface area contributed by atoms with E-state index in [-0.39, 0.29) is 12.5 Å². The molecule has 0 bridgehead atoms. The van der Waals surface area contributed by atoms with E-state index in [2.05, 4.69) is 0 Å². The summed E-state index contributed by atoms with van der Waals surface area (Å²) >= 11 is 0. The molecule has 5 heteroatoms. The normalized spacial score (nSPS) is 20.0. The molecule has 2 aromatic carbocycles. The van der Waals surface area contributed by atoms with Crippen LogP contribution in [0, 0.1) is 5.41 Å². The van der Waals surface area contributed by atoms with Crippen LogP contribution in [0.2, 0.25) is 0 Å². The highest BCUT2D eigenvalue weighted by atomic mass is 16.5. The van der Waals surface area contributed by atoms with Crippen molar-refractivity contribution in [3.05, 3.63) is 60.2 Å². The van der Waals surface area contributed by atoms with Gasteiger partial charge in [0.15, 0.2) is 0 Å². The third kappa shape index (κ3) is 3.25. The lowest BCUT2D eigenvalue weighted by molar-refractivity contribution is -0.147. The van der Waals surface area contributed by atoms with Crippen LogP contribution in [0.25, 0.3) is 0 Å². The lowest BCUT2D eigenvalue weighted by atomic mass is 9.90. The minimum Gasteiger partial charge on any atom is -0.481 e. The van der Waals surface area contributed by atoms with Gasteiger partial charge in [0.1, 0.15) is 11.5 Å². The smallest absolute Gasteiger partial charge is 0.311 e. The van der Waals surface area contributed by atoms with Gasteiger partial charge in [0.05, 0.1) is 5.41 Å². The van der Waals surface area contributed by atoms with Gasteiger partial charge in [-0.15, -0.1) is 0 Å². The van der Waals surface area contributed by atoms with Crippen molar-refractivity contribution >= 4 is 11.9 Å². The number of benzene rings is 2. The molecule has 1 saturated heterocycles. The SMILES string of the molecule is C[C@@]1(C(=O)O)CCN(C(=O)c2cccc(Oc3ccccc3)c2)C1. The molecule has 1 aliphatic heterocycles. The summed E-state index contributed by atoms with van der Waals surface area (Å²) in [4.78, 5) is 25.6. The number of nitrogens with zero attached hydrogens (tertiary/aromatic N) is 1. The Kier molecular flexibility index (Phi) is 4.25. The molecular weight excluding hydrogens is 306 g/mol. The van der Waals surface area contributed by atoms with Crippen molar-refractivity contribution < 1.29 is 19.4 Å². The first-order chi connectivity index (χ1) is 11.5. The molecule has 5 nitrogen and oxygen atoms in total. The first-order valence-electron chi connectivity index (χ1n) is 7.84. The molecule has 124 valence electrons. The highest BCUT2D eigenvalue weighted by Crippen LogP contribution is 2.31. The topological polar surface area (TPSA) is 66.8 Å². The molecule has 0 radical (unpaired) electrons. The Balaban J connectivity index is 1.74. The maximum absolute atomic E-state index is 12.6. The number of carboxylic acid groups (broad SMARTS) is 1. The number of rotatable bonds is 4. The Morgan fingerprint density at radius 2 is 1.79 bits per heavy atom. The molecule has 1 heterocycles. The van der Waals surface area contributed by atoms with Crippen molar-refractivity contribution in [2.45, 2.75) is 13.3 Å². The van der Waals surface area contributed by atoms with Crippen molar-refractivity contribution in [2.75, 3.05) is 13.1 Å². The molecule has 0 spiro atoms. The molecule has 1 atom stereocenters. The van der Waals surface area contributed by atoms with Gasteiger partial charge in [-0.05, 0) is 43.7 Å². The number of likely N-dealkylation sites (tertiary alicyclic amines) is 1. The summed E-state index contributed by atoms with van der Waals surface area (Å²) in [5, 5.41) is 9.29. The third-order valence-corrected chi connectivity index (χ3v) is 4.34. The van der Waals surface area contributed by atoms with Crippen LogP contribution in [0.4, 0.5) is 0 Å². The van der Waals surface area contributed by atoms with Gasteiger partial charge in [-0.25, -0.2) is 0 Å². The van der Waals surface area contributed by atoms with E-state index in [1.54, 1.807) is 36.1 Å². The van der Waals surface area contributed by atoms with Crippen molar-refractivity contribution in [1.29, 1.82) is 0 Å². The Bertz CT molecular complexity index is 759. The molecule has 0 unspecified atom stereocenters. The zero-order chi connectivity index (χ0) is 17.2. The molecular formula is C19H19NO4. The van der Waals surface area contributed by atoms with Crippen LogP contribution >= 0.6 is 0 Å². The first-order valence-corrected chi connectivity index (χ1v) is 7.84. The minimum absolute atomic E-state index is 0.168. The lowest BCUT2D eigenvalue weighted by Gasteiger charge is -2.20. The first kappa shape index (κ1) is 16.1. The van der Waals surface area contributed by atoms with E-state index in [1.807, 2.05) is 30.3 Å². The van der Waals surface area contributed by atoms with Gasteiger partial charge in [-0.1, -0.05) is 24.3 Å². The number of carbonyl (C=O) groups excluding carboxylic acids is 1. The van der Waals surface area contributed by atoms with Gasteiger partial charge in [-0.3, -0.25) is 9.59 Å². The number of ether oxygens (including phenoxy) is 1. The zero-order valence-electron chi connectivity index (χ0n) is 13.4. The number of para-hydroxylation sites is 1. The van der Waals surface area contributed by atoms with Crippen LogP contribution in [0.15, 0.2) is 54.6 Å². The van der Waals surface area contributed by atoms with E-state index < -0.39 is 11.4 Å². The van der Waals surface area contributed by atoms with Crippen molar-refractivity contribution in [2.24, 2.45) is 5.41 Å². The van der Waals surface area contributed by atoms with E-state index in [0.29, 0.717) is 30.0 Å². The third-order valence-electron chi connectivity index (χ3n) is 4.34. The van der Waals surface area contributed by atoms with E-state index in [4.69, 9.17) is 4.74 Å². The Labute approximate surface area is 140 Å². The fourth-order valence-corrected chi connectivity index (χ4v) is 2.81. The summed E-state index contributed by atoms with van der Waals surface area (Å²) in [6, 6.07) is 16.3. The van der Waals surface area contributed by atoms with Crippen LogP contribution in [-0.4, -0.2) is 35.0 Å². The molecule has 1 amide bonds. The Morgan fingerprint density at radius 3 is 2.46 bits per heavy atom. The average molecular weight is 325 g/mol. The molecule has 1 N–H and O–H groups in total. The molecule has 0 aliphatic carbocycles. The number of hydrogen-bond acceptors (Lipinski definition) is 3. The van der Waals surface area contributed by atoms with Crippen LogP contribution in [0.3, 0.4) is 0 Å². The number of aliphatic carboxylic acids is 1. The van der Waals surface area contributed by atoms with E-state index in [1.165, 1.54) is 0 Å². The average Bonchev–Trinajstić information content (AvgIpc) is 2.99. The molecule has 3 rings (SSSR count). The second kappa shape index (κ2) is 6.35. The highest BCUT2D eigenvalue weighted by Gasteiger charge is 2.42. The van der Waals surface area contributed by atoms with Crippen molar-refractivity contribution in [3.63, 3.8) is 0 Å². The van der Waals surface area contributed by atoms with Gasteiger partial charge in [-0.2, -0.15) is 0 Å².